The molecule has 0 radical (unpaired) electrons. The van der Waals surface area contributed by atoms with Crippen LogP contribution < -0.4 is 4.84 Å². The van der Waals surface area contributed by atoms with Gasteiger partial charge in [-0.3, -0.25) is 9.59 Å². The van der Waals surface area contributed by atoms with Crippen LogP contribution in [-0.4, -0.2) is 42.7 Å². The van der Waals surface area contributed by atoms with Gasteiger partial charge in [0.05, 0.1) is 23.9 Å². The number of benzene rings is 2. The lowest BCUT2D eigenvalue weighted by atomic mass is 10.1. The van der Waals surface area contributed by atoms with Crippen molar-refractivity contribution in [2.45, 2.75) is 6.54 Å². The summed E-state index contributed by atoms with van der Waals surface area (Å²) in [7, 11) is 0. The van der Waals surface area contributed by atoms with Crippen LogP contribution in [0.15, 0.2) is 67.3 Å². The number of carbonyl (C=O) groups excluding carboxylic acids is 3. The van der Waals surface area contributed by atoms with Gasteiger partial charge < -0.3 is 9.94 Å². The summed E-state index contributed by atoms with van der Waals surface area (Å²) < 4.78 is 1.06. The number of aromatic hydroxyl groups is 1. The molecule has 0 saturated carbocycles. The van der Waals surface area contributed by atoms with E-state index in [0.29, 0.717) is 5.56 Å². The largest absolute Gasteiger partial charge is 0.508 e. The first-order valence-electron chi connectivity index (χ1n) is 8.28. The summed E-state index contributed by atoms with van der Waals surface area (Å²) >= 11 is 0. The molecule has 4 rings (SSSR count). The molecule has 140 valence electrons. The highest BCUT2D eigenvalue weighted by molar-refractivity contribution is 6.21. The highest BCUT2D eigenvalue weighted by Gasteiger charge is 2.42. The van der Waals surface area contributed by atoms with Crippen molar-refractivity contribution in [3.8, 4) is 5.75 Å². The summed E-state index contributed by atoms with van der Waals surface area (Å²) in [6.07, 6.45) is 3.14. The van der Waals surface area contributed by atoms with Crippen molar-refractivity contribution in [1.82, 2.24) is 19.7 Å². The Labute approximate surface area is 158 Å². The number of hydrogen-bond donors (Lipinski definition) is 1. The molecule has 1 aliphatic rings. The first-order valence-corrected chi connectivity index (χ1v) is 8.28. The zero-order valence-corrected chi connectivity index (χ0v) is 14.4. The van der Waals surface area contributed by atoms with E-state index < -0.39 is 17.9 Å². The van der Waals surface area contributed by atoms with Gasteiger partial charge in [-0.05, 0) is 29.8 Å². The van der Waals surface area contributed by atoms with E-state index in [4.69, 9.17) is 4.84 Å². The molecule has 2 aromatic carbocycles. The minimum atomic E-state index is -0.944. The van der Waals surface area contributed by atoms with Crippen molar-refractivity contribution < 1.29 is 24.3 Å². The molecule has 0 atom stereocenters. The van der Waals surface area contributed by atoms with Gasteiger partial charge in [0.15, 0.2) is 0 Å². The predicted octanol–water partition coefficient (Wildman–Crippen LogP) is 1.85. The molecule has 0 unspecified atom stereocenters. The van der Waals surface area contributed by atoms with Crippen LogP contribution in [0, 0.1) is 0 Å². The second kappa shape index (κ2) is 6.88. The van der Waals surface area contributed by atoms with Crippen molar-refractivity contribution in [3.63, 3.8) is 0 Å². The molecule has 28 heavy (non-hydrogen) atoms. The van der Waals surface area contributed by atoms with Gasteiger partial charge in [0.25, 0.3) is 11.8 Å². The van der Waals surface area contributed by atoms with E-state index in [1.54, 1.807) is 24.3 Å². The van der Waals surface area contributed by atoms with Crippen molar-refractivity contribution in [3.05, 3.63) is 83.9 Å². The highest BCUT2D eigenvalue weighted by atomic mass is 16.7. The van der Waals surface area contributed by atoms with Gasteiger partial charge in [0, 0.05) is 6.20 Å². The second-order valence-corrected chi connectivity index (χ2v) is 5.97. The van der Waals surface area contributed by atoms with Crippen LogP contribution in [0.3, 0.4) is 0 Å². The standard InChI is InChI=1S/C19H14N4O5/c24-14-7-5-13(6-8-14)11-22(19(27)28-21-10-9-20-12-21)23-17(25)15-3-1-2-4-16(15)18(23)26/h1-10,12,24H,11H2. The van der Waals surface area contributed by atoms with Crippen LogP contribution in [0.5, 0.6) is 5.75 Å². The third-order valence-electron chi connectivity index (χ3n) is 4.16. The minimum absolute atomic E-state index is 0.0528. The molecule has 1 aromatic heterocycles. The molecule has 0 fully saturated rings. The lowest BCUT2D eigenvalue weighted by Crippen LogP contribution is -2.51. The average Bonchev–Trinajstić information content (AvgIpc) is 3.29. The molecule has 9 nitrogen and oxygen atoms in total. The molecule has 3 aromatic rings. The SMILES string of the molecule is O=C(On1ccnc1)N(Cc1ccc(O)cc1)N1C(=O)c2ccccc2C1=O. The van der Waals surface area contributed by atoms with Crippen LogP contribution in [0.2, 0.25) is 0 Å². The maximum Gasteiger partial charge on any atom is 0.454 e. The first kappa shape index (κ1) is 17.3. The van der Waals surface area contributed by atoms with Crippen molar-refractivity contribution in [2.75, 3.05) is 0 Å². The predicted molar refractivity (Wildman–Crippen MR) is 94.8 cm³/mol. The van der Waals surface area contributed by atoms with Gasteiger partial charge in [-0.2, -0.15) is 9.74 Å². The Morgan fingerprint density at radius 1 is 1.04 bits per heavy atom. The number of phenolic OH excluding ortho intramolecular Hbond substituents is 1. The molecule has 0 bridgehead atoms. The number of fused-ring (bicyclic) bond motifs is 1. The molecule has 2 heterocycles. The summed E-state index contributed by atoms with van der Waals surface area (Å²) in [4.78, 5) is 47.3. The fraction of sp³-hybridized carbons (Fsp3) is 0.0526. The lowest BCUT2D eigenvalue weighted by Gasteiger charge is -2.28. The number of hydrazine groups is 1. The third-order valence-corrected chi connectivity index (χ3v) is 4.16. The van der Waals surface area contributed by atoms with E-state index in [1.165, 1.54) is 43.0 Å². The average molecular weight is 378 g/mol. The molecule has 9 heteroatoms. The highest BCUT2D eigenvalue weighted by Crippen LogP contribution is 2.25. The topological polar surface area (TPSA) is 105 Å². The van der Waals surface area contributed by atoms with Crippen LogP contribution in [-0.2, 0) is 6.54 Å². The van der Waals surface area contributed by atoms with Gasteiger partial charge in [-0.1, -0.05) is 24.3 Å². The number of imidazole rings is 1. The Kier molecular flexibility index (Phi) is 4.24. The zero-order valence-electron chi connectivity index (χ0n) is 14.4. The van der Waals surface area contributed by atoms with E-state index in [-0.39, 0.29) is 23.4 Å². The van der Waals surface area contributed by atoms with E-state index in [0.717, 1.165) is 14.7 Å². The number of rotatable bonds is 4. The second-order valence-electron chi connectivity index (χ2n) is 5.97. The minimum Gasteiger partial charge on any atom is -0.508 e. The summed E-state index contributed by atoms with van der Waals surface area (Å²) in [5.41, 5.74) is 0.995. The molecule has 0 saturated heterocycles. The number of phenols is 1. The fourth-order valence-corrected chi connectivity index (χ4v) is 2.83. The number of nitrogens with zero attached hydrogens (tertiary/aromatic N) is 4. The molecule has 1 aliphatic heterocycles. The van der Waals surface area contributed by atoms with Gasteiger partial charge in [0.2, 0.25) is 0 Å². The van der Waals surface area contributed by atoms with E-state index >= 15 is 0 Å². The molecule has 0 spiro atoms. The summed E-state index contributed by atoms with van der Waals surface area (Å²) in [6, 6.07) is 12.4. The van der Waals surface area contributed by atoms with Gasteiger partial charge >= 0.3 is 6.09 Å². The van der Waals surface area contributed by atoms with Gasteiger partial charge in [-0.25, -0.2) is 14.8 Å². The fourth-order valence-electron chi connectivity index (χ4n) is 2.83. The van der Waals surface area contributed by atoms with Crippen LogP contribution in [0.1, 0.15) is 26.3 Å². The first-order chi connectivity index (χ1) is 13.5. The van der Waals surface area contributed by atoms with Crippen LogP contribution in [0.25, 0.3) is 0 Å². The van der Waals surface area contributed by atoms with E-state index in [9.17, 15) is 19.5 Å². The quantitative estimate of drug-likeness (QED) is 0.695. The van der Waals surface area contributed by atoms with Gasteiger partial charge in [0.1, 0.15) is 12.1 Å². The Balaban J connectivity index is 1.68. The maximum atomic E-state index is 12.8. The summed E-state index contributed by atoms with van der Waals surface area (Å²) in [6.45, 7) is -0.126. The molecular formula is C19H14N4O5. The van der Waals surface area contributed by atoms with Crippen molar-refractivity contribution in [2.24, 2.45) is 0 Å². The number of imide groups is 1. The zero-order chi connectivity index (χ0) is 19.7. The number of amides is 3. The Hall–Kier alpha value is -4.14. The third kappa shape index (κ3) is 3.05. The molecular weight excluding hydrogens is 364 g/mol. The number of hydrogen-bond acceptors (Lipinski definition) is 6. The smallest absolute Gasteiger partial charge is 0.454 e. The Morgan fingerprint density at radius 2 is 1.68 bits per heavy atom. The van der Waals surface area contributed by atoms with Crippen LogP contribution >= 0.6 is 0 Å². The lowest BCUT2D eigenvalue weighted by molar-refractivity contribution is -0.00794. The normalized spacial score (nSPS) is 12.8. The van der Waals surface area contributed by atoms with E-state index in [2.05, 4.69) is 4.98 Å². The van der Waals surface area contributed by atoms with Crippen molar-refractivity contribution in [1.29, 1.82) is 0 Å². The van der Waals surface area contributed by atoms with Crippen molar-refractivity contribution >= 4 is 17.9 Å². The maximum absolute atomic E-state index is 12.8. The monoisotopic (exact) mass is 378 g/mol. The molecule has 3 amide bonds. The number of aromatic nitrogens is 2. The Morgan fingerprint density at radius 3 is 2.25 bits per heavy atom. The Bertz CT molecular complexity index is 1010. The van der Waals surface area contributed by atoms with E-state index in [1.807, 2.05) is 0 Å². The molecule has 1 N–H and O–H groups in total. The van der Waals surface area contributed by atoms with Gasteiger partial charge in [-0.15, -0.1) is 0 Å². The number of carbonyl (C=O) groups is 3. The summed E-state index contributed by atoms with van der Waals surface area (Å²) in [5, 5.41) is 11.1. The molecule has 0 aliphatic carbocycles. The van der Waals surface area contributed by atoms with Crippen LogP contribution in [0.4, 0.5) is 4.79 Å². The summed E-state index contributed by atoms with van der Waals surface area (Å²) in [5.74, 6) is -1.19.